The van der Waals surface area contributed by atoms with Crippen LogP contribution in [-0.4, -0.2) is 45.9 Å². The summed E-state index contributed by atoms with van der Waals surface area (Å²) in [5.41, 5.74) is 0.889. The standard InChI is InChI=1S/C16H22N6OS/c1-10-8-18-16(24-10)21-14-7-12(19-11(2)20-14)13-5-4-6-22(13)15(23)9-17-3/h7-8,13,17H,4-6,9H2,1-3H3,(H,18,19,20,21). The van der Waals surface area contributed by atoms with Crippen molar-refractivity contribution in [2.45, 2.75) is 32.7 Å². The lowest BCUT2D eigenvalue weighted by Crippen LogP contribution is -2.37. The number of likely N-dealkylation sites (N-methyl/N-ethyl adjacent to an activating group) is 1. The normalized spacial score (nSPS) is 17.3. The van der Waals surface area contributed by atoms with Crippen molar-refractivity contribution in [3.63, 3.8) is 0 Å². The van der Waals surface area contributed by atoms with Gasteiger partial charge < -0.3 is 15.5 Å². The van der Waals surface area contributed by atoms with E-state index in [4.69, 9.17) is 0 Å². The molecule has 0 saturated carbocycles. The monoisotopic (exact) mass is 346 g/mol. The van der Waals surface area contributed by atoms with Crippen LogP contribution < -0.4 is 10.6 Å². The van der Waals surface area contributed by atoms with E-state index >= 15 is 0 Å². The molecule has 2 aromatic rings. The van der Waals surface area contributed by atoms with Gasteiger partial charge in [-0.25, -0.2) is 15.0 Å². The molecule has 3 rings (SSSR count). The minimum atomic E-state index is 0.0196. The van der Waals surface area contributed by atoms with E-state index in [-0.39, 0.29) is 11.9 Å². The van der Waals surface area contributed by atoms with Crippen LogP contribution in [0.15, 0.2) is 12.3 Å². The van der Waals surface area contributed by atoms with Crippen molar-refractivity contribution in [2.24, 2.45) is 0 Å². The highest BCUT2D eigenvalue weighted by atomic mass is 32.1. The second-order valence-corrected chi connectivity index (χ2v) is 7.14. The average Bonchev–Trinajstić information content (AvgIpc) is 3.16. The number of likely N-dealkylation sites (tertiary alicyclic amines) is 1. The molecule has 1 atom stereocenters. The molecular weight excluding hydrogens is 324 g/mol. The van der Waals surface area contributed by atoms with Gasteiger partial charge in [-0.05, 0) is 33.7 Å². The van der Waals surface area contributed by atoms with Crippen molar-refractivity contribution < 1.29 is 4.79 Å². The number of carbonyl (C=O) groups is 1. The molecule has 2 N–H and O–H groups in total. The minimum Gasteiger partial charge on any atom is -0.333 e. The highest BCUT2D eigenvalue weighted by molar-refractivity contribution is 7.15. The lowest BCUT2D eigenvalue weighted by molar-refractivity contribution is -0.131. The van der Waals surface area contributed by atoms with E-state index in [9.17, 15) is 4.79 Å². The average molecular weight is 346 g/mol. The van der Waals surface area contributed by atoms with Gasteiger partial charge in [0, 0.05) is 23.7 Å². The minimum absolute atomic E-state index is 0.0196. The van der Waals surface area contributed by atoms with Gasteiger partial charge in [-0.1, -0.05) is 0 Å². The lowest BCUT2D eigenvalue weighted by atomic mass is 10.1. The predicted octanol–water partition coefficient (Wildman–Crippen LogP) is 2.18. The second kappa shape index (κ2) is 7.23. The van der Waals surface area contributed by atoms with Crippen LogP contribution in [0.2, 0.25) is 0 Å². The van der Waals surface area contributed by atoms with Crippen molar-refractivity contribution in [3.8, 4) is 0 Å². The second-order valence-electron chi connectivity index (χ2n) is 5.90. The van der Waals surface area contributed by atoms with Crippen molar-refractivity contribution in [1.29, 1.82) is 0 Å². The van der Waals surface area contributed by atoms with Gasteiger partial charge in [0.05, 0.1) is 18.3 Å². The molecule has 3 heterocycles. The van der Waals surface area contributed by atoms with Crippen LogP contribution in [0.25, 0.3) is 0 Å². The summed E-state index contributed by atoms with van der Waals surface area (Å²) in [6, 6.07) is 1.95. The Bertz CT molecular complexity index is 731. The number of thiazole rings is 1. The van der Waals surface area contributed by atoms with E-state index in [1.165, 1.54) is 0 Å². The number of nitrogens with zero attached hydrogens (tertiary/aromatic N) is 4. The molecule has 0 radical (unpaired) electrons. The van der Waals surface area contributed by atoms with Crippen LogP contribution in [0, 0.1) is 13.8 Å². The first kappa shape index (κ1) is 16.8. The Hall–Kier alpha value is -2.06. The van der Waals surface area contributed by atoms with Gasteiger partial charge in [-0.3, -0.25) is 4.79 Å². The number of rotatable bonds is 5. The fourth-order valence-corrected chi connectivity index (χ4v) is 3.64. The van der Waals surface area contributed by atoms with Crippen LogP contribution >= 0.6 is 11.3 Å². The van der Waals surface area contributed by atoms with Crippen LogP contribution in [0.5, 0.6) is 0 Å². The number of aromatic nitrogens is 3. The van der Waals surface area contributed by atoms with E-state index < -0.39 is 0 Å². The molecule has 1 unspecified atom stereocenters. The molecule has 7 nitrogen and oxygen atoms in total. The quantitative estimate of drug-likeness (QED) is 0.863. The first-order chi connectivity index (χ1) is 11.6. The van der Waals surface area contributed by atoms with Crippen LogP contribution in [-0.2, 0) is 4.79 Å². The van der Waals surface area contributed by atoms with Gasteiger partial charge in [-0.15, -0.1) is 11.3 Å². The van der Waals surface area contributed by atoms with Gasteiger partial charge in [0.2, 0.25) is 5.91 Å². The van der Waals surface area contributed by atoms with Crippen molar-refractivity contribution in [3.05, 3.63) is 28.7 Å². The Morgan fingerprint density at radius 1 is 1.42 bits per heavy atom. The molecule has 24 heavy (non-hydrogen) atoms. The Kier molecular flexibility index (Phi) is 5.06. The Morgan fingerprint density at radius 2 is 2.25 bits per heavy atom. The maximum absolute atomic E-state index is 12.3. The van der Waals surface area contributed by atoms with Gasteiger partial charge in [0.25, 0.3) is 0 Å². The molecule has 2 aromatic heterocycles. The van der Waals surface area contributed by atoms with Crippen molar-refractivity contribution in [2.75, 3.05) is 25.5 Å². The maximum Gasteiger partial charge on any atom is 0.237 e. The molecule has 0 aromatic carbocycles. The summed E-state index contributed by atoms with van der Waals surface area (Å²) >= 11 is 1.58. The number of carbonyl (C=O) groups excluding carboxylic acids is 1. The molecule has 1 aliphatic heterocycles. The van der Waals surface area contributed by atoms with Crippen molar-refractivity contribution in [1.82, 2.24) is 25.2 Å². The third-order valence-electron chi connectivity index (χ3n) is 3.96. The number of aryl methyl sites for hydroxylation is 2. The number of amides is 1. The molecule has 1 fully saturated rings. The fourth-order valence-electron chi connectivity index (χ4n) is 2.97. The highest BCUT2D eigenvalue weighted by Gasteiger charge is 2.31. The van der Waals surface area contributed by atoms with Crippen LogP contribution in [0.1, 0.15) is 35.3 Å². The zero-order valence-electron chi connectivity index (χ0n) is 14.2. The molecule has 128 valence electrons. The Morgan fingerprint density at radius 3 is 2.96 bits per heavy atom. The first-order valence-corrected chi connectivity index (χ1v) is 8.87. The van der Waals surface area contributed by atoms with E-state index in [0.717, 1.165) is 40.9 Å². The summed E-state index contributed by atoms with van der Waals surface area (Å²) in [7, 11) is 1.79. The summed E-state index contributed by atoms with van der Waals surface area (Å²) in [6.45, 7) is 5.02. The molecule has 0 bridgehead atoms. The van der Waals surface area contributed by atoms with Gasteiger partial charge in [-0.2, -0.15) is 0 Å². The smallest absolute Gasteiger partial charge is 0.237 e. The molecule has 1 aliphatic rings. The first-order valence-electron chi connectivity index (χ1n) is 8.06. The zero-order valence-corrected chi connectivity index (χ0v) is 15.0. The van der Waals surface area contributed by atoms with Crippen molar-refractivity contribution >= 4 is 28.2 Å². The third kappa shape index (κ3) is 3.70. The Balaban J connectivity index is 1.83. The highest BCUT2D eigenvalue weighted by Crippen LogP contribution is 2.32. The SMILES string of the molecule is CNCC(=O)N1CCCC1c1cc(Nc2ncc(C)s2)nc(C)n1. The molecule has 1 saturated heterocycles. The summed E-state index contributed by atoms with van der Waals surface area (Å²) in [5.74, 6) is 1.53. The molecule has 0 spiro atoms. The Labute approximate surface area is 145 Å². The summed E-state index contributed by atoms with van der Waals surface area (Å²) in [5, 5.41) is 6.98. The van der Waals surface area contributed by atoms with Gasteiger partial charge in [0.1, 0.15) is 11.6 Å². The number of hydrogen-bond donors (Lipinski definition) is 2. The summed E-state index contributed by atoms with van der Waals surface area (Å²) in [4.78, 5) is 28.7. The largest absolute Gasteiger partial charge is 0.333 e. The van der Waals surface area contributed by atoms with Crippen LogP contribution in [0.4, 0.5) is 10.9 Å². The van der Waals surface area contributed by atoms with E-state index in [0.29, 0.717) is 12.4 Å². The topological polar surface area (TPSA) is 83.0 Å². The number of anilines is 2. The molecule has 8 heteroatoms. The summed E-state index contributed by atoms with van der Waals surface area (Å²) in [6.07, 6.45) is 3.76. The van der Waals surface area contributed by atoms with Crippen LogP contribution in [0.3, 0.4) is 0 Å². The molecule has 0 aliphatic carbocycles. The predicted molar refractivity (Wildman–Crippen MR) is 94.5 cm³/mol. The zero-order chi connectivity index (χ0) is 17.1. The van der Waals surface area contributed by atoms with E-state index in [1.807, 2.05) is 31.0 Å². The fraction of sp³-hybridized carbons (Fsp3) is 0.500. The lowest BCUT2D eigenvalue weighted by Gasteiger charge is -2.24. The molecular formula is C16H22N6OS. The van der Waals surface area contributed by atoms with E-state index in [1.54, 1.807) is 18.4 Å². The van der Waals surface area contributed by atoms with Gasteiger partial charge in [0.15, 0.2) is 5.13 Å². The number of hydrogen-bond acceptors (Lipinski definition) is 7. The van der Waals surface area contributed by atoms with E-state index in [2.05, 4.69) is 25.6 Å². The number of nitrogens with one attached hydrogen (secondary N) is 2. The summed E-state index contributed by atoms with van der Waals surface area (Å²) < 4.78 is 0. The third-order valence-corrected chi connectivity index (χ3v) is 4.78. The molecule has 1 amide bonds. The van der Waals surface area contributed by atoms with Gasteiger partial charge >= 0.3 is 0 Å². The maximum atomic E-state index is 12.3.